The van der Waals surface area contributed by atoms with Crippen molar-refractivity contribution in [3.05, 3.63) is 29.6 Å². The molecule has 1 aromatic rings. The number of hydrogen-bond acceptors (Lipinski definition) is 4. The van der Waals surface area contributed by atoms with Gasteiger partial charge in [0.25, 0.3) is 0 Å². The predicted octanol–water partition coefficient (Wildman–Crippen LogP) is 4.30. The van der Waals surface area contributed by atoms with Gasteiger partial charge in [-0.25, -0.2) is 9.18 Å². The second-order valence-electron chi connectivity index (χ2n) is 7.68. The van der Waals surface area contributed by atoms with Crippen LogP contribution in [0.15, 0.2) is 18.2 Å². The Hall–Kier alpha value is -1.62. The van der Waals surface area contributed by atoms with Crippen LogP contribution < -0.4 is 4.74 Å². The van der Waals surface area contributed by atoms with Crippen LogP contribution in [0.3, 0.4) is 0 Å². The number of carbonyl (C=O) groups excluding carboxylic acids is 1. The smallest absolute Gasteiger partial charge is 0.330 e. The van der Waals surface area contributed by atoms with Gasteiger partial charge in [-0.05, 0) is 65.0 Å². The fourth-order valence-corrected chi connectivity index (χ4v) is 2.71. The summed E-state index contributed by atoms with van der Waals surface area (Å²) in [6, 6.07) is 4.75. The number of rotatable bonds is 4. The van der Waals surface area contributed by atoms with Crippen molar-refractivity contribution in [2.24, 2.45) is 5.41 Å². The maximum atomic E-state index is 13.5. The number of hydroxylamine groups is 2. The van der Waals surface area contributed by atoms with E-state index in [4.69, 9.17) is 9.57 Å². The second kappa shape index (κ2) is 7.51. The van der Waals surface area contributed by atoms with Gasteiger partial charge < -0.3 is 9.57 Å². The normalized spacial score (nSPS) is 17.1. The molecule has 1 aliphatic rings. The molecule has 0 N–H and O–H groups in total. The van der Waals surface area contributed by atoms with Crippen molar-refractivity contribution in [1.29, 1.82) is 0 Å². The third-order valence-corrected chi connectivity index (χ3v) is 4.06. The average molecular weight is 337 g/mol. The molecule has 0 atom stereocenters. The number of nitrogens with zero attached hydrogens (tertiary/aromatic N) is 1. The Balaban J connectivity index is 2.01. The fraction of sp³-hybridized carbons (Fsp3) is 0.632. The molecule has 1 saturated heterocycles. The molecule has 1 aliphatic heterocycles. The van der Waals surface area contributed by atoms with E-state index in [9.17, 15) is 9.18 Å². The lowest BCUT2D eigenvalue weighted by atomic mass is 9.89. The first kappa shape index (κ1) is 18.7. The van der Waals surface area contributed by atoms with E-state index in [0.717, 1.165) is 18.4 Å². The monoisotopic (exact) mass is 337 g/mol. The summed E-state index contributed by atoms with van der Waals surface area (Å²) in [5.41, 5.74) is 0.526. The SMILES string of the molecule is CC(C)Oc1cc(F)ccc1C1CCN(OC(=O)C(C)(C)C)CC1. The molecule has 0 aliphatic carbocycles. The van der Waals surface area contributed by atoms with Crippen LogP contribution in [0, 0.1) is 11.2 Å². The van der Waals surface area contributed by atoms with Crippen LogP contribution in [0.2, 0.25) is 0 Å². The summed E-state index contributed by atoms with van der Waals surface area (Å²) >= 11 is 0. The van der Waals surface area contributed by atoms with Gasteiger partial charge in [-0.3, -0.25) is 0 Å². The summed E-state index contributed by atoms with van der Waals surface area (Å²) in [6.45, 7) is 10.7. The number of hydrogen-bond donors (Lipinski definition) is 0. The van der Waals surface area contributed by atoms with E-state index in [1.165, 1.54) is 12.1 Å². The van der Waals surface area contributed by atoms with Gasteiger partial charge in [0, 0.05) is 19.2 Å². The van der Waals surface area contributed by atoms with Crippen molar-refractivity contribution in [1.82, 2.24) is 5.06 Å². The summed E-state index contributed by atoms with van der Waals surface area (Å²) in [5.74, 6) is 0.400. The quantitative estimate of drug-likeness (QED) is 0.821. The van der Waals surface area contributed by atoms with E-state index in [-0.39, 0.29) is 23.8 Å². The first-order valence-corrected chi connectivity index (χ1v) is 8.60. The van der Waals surface area contributed by atoms with E-state index in [2.05, 4.69) is 0 Å². The van der Waals surface area contributed by atoms with Crippen LogP contribution in [-0.2, 0) is 9.63 Å². The maximum Gasteiger partial charge on any atom is 0.330 e. The molecule has 134 valence electrons. The highest BCUT2D eigenvalue weighted by Crippen LogP contribution is 2.35. The van der Waals surface area contributed by atoms with E-state index in [1.807, 2.05) is 40.7 Å². The minimum atomic E-state index is -0.508. The summed E-state index contributed by atoms with van der Waals surface area (Å²) in [6.07, 6.45) is 1.69. The van der Waals surface area contributed by atoms with Gasteiger partial charge in [-0.2, -0.15) is 0 Å². The zero-order chi connectivity index (χ0) is 17.9. The minimum absolute atomic E-state index is 0.00150. The molecule has 1 heterocycles. The number of halogens is 1. The van der Waals surface area contributed by atoms with Gasteiger partial charge in [0.15, 0.2) is 0 Å². The van der Waals surface area contributed by atoms with Gasteiger partial charge in [-0.1, -0.05) is 6.07 Å². The number of ether oxygens (including phenoxy) is 1. The highest BCUT2D eigenvalue weighted by Gasteiger charge is 2.29. The van der Waals surface area contributed by atoms with Gasteiger partial charge in [0.1, 0.15) is 11.6 Å². The van der Waals surface area contributed by atoms with Crippen LogP contribution in [-0.4, -0.2) is 30.2 Å². The van der Waals surface area contributed by atoms with Crippen molar-refractivity contribution in [2.45, 2.75) is 59.5 Å². The number of benzene rings is 1. The minimum Gasteiger partial charge on any atom is -0.491 e. The molecular formula is C19H28FNO3. The van der Waals surface area contributed by atoms with Crippen LogP contribution in [0.5, 0.6) is 5.75 Å². The Morgan fingerprint density at radius 2 is 1.88 bits per heavy atom. The zero-order valence-corrected chi connectivity index (χ0v) is 15.3. The van der Waals surface area contributed by atoms with E-state index < -0.39 is 5.41 Å². The molecule has 0 spiro atoms. The Morgan fingerprint density at radius 1 is 1.25 bits per heavy atom. The second-order valence-corrected chi connectivity index (χ2v) is 7.68. The van der Waals surface area contributed by atoms with E-state index in [0.29, 0.717) is 18.8 Å². The van der Waals surface area contributed by atoms with Crippen molar-refractivity contribution < 1.29 is 18.8 Å². The van der Waals surface area contributed by atoms with E-state index in [1.54, 1.807) is 5.06 Å². The fourth-order valence-electron chi connectivity index (χ4n) is 2.71. The lowest BCUT2D eigenvalue weighted by Gasteiger charge is -2.33. The Morgan fingerprint density at radius 3 is 2.42 bits per heavy atom. The molecule has 0 unspecified atom stereocenters. The Labute approximate surface area is 143 Å². The van der Waals surface area contributed by atoms with Crippen molar-refractivity contribution in [3.63, 3.8) is 0 Å². The van der Waals surface area contributed by atoms with Crippen LogP contribution in [0.4, 0.5) is 4.39 Å². The van der Waals surface area contributed by atoms with Gasteiger partial charge in [0.05, 0.1) is 11.5 Å². The molecule has 1 fully saturated rings. The number of carbonyl (C=O) groups is 1. The molecule has 24 heavy (non-hydrogen) atoms. The Bertz CT molecular complexity index is 572. The summed E-state index contributed by atoms with van der Waals surface area (Å²) in [5, 5.41) is 1.73. The van der Waals surface area contributed by atoms with Crippen LogP contribution >= 0.6 is 0 Å². The Kier molecular flexibility index (Phi) is 5.86. The molecule has 1 aromatic carbocycles. The van der Waals surface area contributed by atoms with Crippen molar-refractivity contribution in [2.75, 3.05) is 13.1 Å². The lowest BCUT2D eigenvalue weighted by Crippen LogP contribution is -2.38. The molecule has 2 rings (SSSR count). The highest BCUT2D eigenvalue weighted by molar-refractivity contribution is 5.75. The third kappa shape index (κ3) is 4.94. The summed E-state index contributed by atoms with van der Waals surface area (Å²) < 4.78 is 19.3. The molecule has 0 amide bonds. The molecule has 5 heteroatoms. The summed E-state index contributed by atoms with van der Waals surface area (Å²) in [7, 11) is 0. The molecular weight excluding hydrogens is 309 g/mol. The van der Waals surface area contributed by atoms with Gasteiger partial charge >= 0.3 is 5.97 Å². The van der Waals surface area contributed by atoms with Gasteiger partial charge in [0.2, 0.25) is 0 Å². The highest BCUT2D eigenvalue weighted by atomic mass is 19.1. The van der Waals surface area contributed by atoms with Gasteiger partial charge in [-0.15, -0.1) is 5.06 Å². The standard InChI is InChI=1S/C19H28FNO3/c1-13(2)23-17-12-15(20)6-7-16(17)14-8-10-21(11-9-14)24-18(22)19(3,4)5/h6-7,12-14H,8-11H2,1-5H3. The lowest BCUT2D eigenvalue weighted by molar-refractivity contribution is -0.204. The maximum absolute atomic E-state index is 13.5. The zero-order valence-electron chi connectivity index (χ0n) is 15.3. The first-order chi connectivity index (χ1) is 11.2. The topological polar surface area (TPSA) is 38.8 Å². The molecule has 0 radical (unpaired) electrons. The molecule has 0 bridgehead atoms. The molecule has 0 aromatic heterocycles. The third-order valence-electron chi connectivity index (χ3n) is 4.06. The van der Waals surface area contributed by atoms with Crippen molar-refractivity contribution in [3.8, 4) is 5.75 Å². The summed E-state index contributed by atoms with van der Waals surface area (Å²) in [4.78, 5) is 17.4. The van der Waals surface area contributed by atoms with Crippen LogP contribution in [0.25, 0.3) is 0 Å². The molecule has 4 nitrogen and oxygen atoms in total. The van der Waals surface area contributed by atoms with Crippen LogP contribution in [0.1, 0.15) is 58.9 Å². The largest absolute Gasteiger partial charge is 0.491 e. The van der Waals surface area contributed by atoms with E-state index >= 15 is 0 Å². The average Bonchev–Trinajstić information content (AvgIpc) is 2.47. The first-order valence-electron chi connectivity index (χ1n) is 8.60. The molecule has 0 saturated carbocycles. The predicted molar refractivity (Wildman–Crippen MR) is 91.3 cm³/mol. The number of piperidine rings is 1. The van der Waals surface area contributed by atoms with Crippen molar-refractivity contribution >= 4 is 5.97 Å².